The Morgan fingerprint density at radius 2 is 1.81 bits per heavy atom. The second-order valence-electron chi connectivity index (χ2n) is 7.40. The van der Waals surface area contributed by atoms with Gasteiger partial charge in [0.25, 0.3) is 0 Å². The minimum Gasteiger partial charge on any atom is -0.490 e. The van der Waals surface area contributed by atoms with E-state index in [1.54, 1.807) is 42.5 Å². The van der Waals surface area contributed by atoms with E-state index >= 15 is 0 Å². The number of anilines is 1. The van der Waals surface area contributed by atoms with Crippen molar-refractivity contribution in [2.75, 3.05) is 11.9 Å². The molecule has 0 atom stereocenters. The molecule has 188 valence electrons. The minimum absolute atomic E-state index is 0.200. The number of aryl methyl sites for hydroxylation is 1. The van der Waals surface area contributed by atoms with Gasteiger partial charge in [-0.2, -0.15) is 5.10 Å². The highest BCUT2D eigenvalue weighted by atomic mass is 79.9. The summed E-state index contributed by atoms with van der Waals surface area (Å²) in [4.78, 5) is 24.3. The number of rotatable bonds is 8. The van der Waals surface area contributed by atoms with E-state index < -0.39 is 11.8 Å². The largest absolute Gasteiger partial charge is 0.490 e. The predicted octanol–water partition coefficient (Wildman–Crippen LogP) is 6.89. The van der Waals surface area contributed by atoms with Crippen LogP contribution in [0.5, 0.6) is 11.5 Å². The van der Waals surface area contributed by atoms with Crippen LogP contribution in [-0.4, -0.2) is 24.6 Å². The number of hydrogen-bond acceptors (Lipinski definition) is 5. The summed E-state index contributed by atoms with van der Waals surface area (Å²) in [6, 6.07) is 13.9. The van der Waals surface area contributed by atoms with Crippen LogP contribution in [0.2, 0.25) is 10.0 Å². The van der Waals surface area contributed by atoms with E-state index in [2.05, 4.69) is 47.7 Å². The quantitative estimate of drug-likeness (QED) is 0.157. The van der Waals surface area contributed by atoms with E-state index in [0.29, 0.717) is 43.9 Å². The molecule has 0 aliphatic rings. The average molecular weight is 658 g/mol. The van der Waals surface area contributed by atoms with Crippen LogP contribution in [-0.2, 0) is 16.2 Å². The van der Waals surface area contributed by atoms with Gasteiger partial charge in [0, 0.05) is 25.8 Å². The molecule has 0 aromatic heterocycles. The van der Waals surface area contributed by atoms with E-state index in [0.717, 1.165) is 15.6 Å². The molecule has 0 aliphatic heterocycles. The normalized spacial score (nSPS) is 10.8. The fourth-order valence-electron chi connectivity index (χ4n) is 3.02. The van der Waals surface area contributed by atoms with Crippen LogP contribution in [0, 0.1) is 6.92 Å². The Labute approximate surface area is 235 Å². The van der Waals surface area contributed by atoms with Crippen LogP contribution < -0.4 is 20.2 Å². The van der Waals surface area contributed by atoms with Gasteiger partial charge in [0.05, 0.1) is 17.3 Å². The Morgan fingerprint density at radius 3 is 2.50 bits per heavy atom. The van der Waals surface area contributed by atoms with Gasteiger partial charge in [-0.15, -0.1) is 0 Å². The van der Waals surface area contributed by atoms with Crippen LogP contribution in [0.1, 0.15) is 23.6 Å². The predicted molar refractivity (Wildman–Crippen MR) is 149 cm³/mol. The number of benzene rings is 3. The average Bonchev–Trinajstić information content (AvgIpc) is 2.81. The number of ether oxygens (including phenoxy) is 2. The summed E-state index contributed by atoms with van der Waals surface area (Å²) in [6.07, 6.45) is 1.39. The first-order valence-electron chi connectivity index (χ1n) is 10.6. The third-order valence-corrected chi connectivity index (χ3v) is 6.41. The van der Waals surface area contributed by atoms with Gasteiger partial charge in [-0.1, -0.05) is 45.2 Å². The lowest BCUT2D eigenvalue weighted by atomic mass is 10.2. The van der Waals surface area contributed by atoms with Gasteiger partial charge in [-0.05, 0) is 83.4 Å². The minimum atomic E-state index is -0.905. The van der Waals surface area contributed by atoms with Crippen molar-refractivity contribution in [3.05, 3.63) is 84.2 Å². The molecule has 0 saturated heterocycles. The lowest BCUT2D eigenvalue weighted by Gasteiger charge is -2.15. The van der Waals surface area contributed by atoms with Crippen LogP contribution in [0.25, 0.3) is 0 Å². The van der Waals surface area contributed by atoms with Crippen LogP contribution in [0.15, 0.2) is 62.6 Å². The van der Waals surface area contributed by atoms with E-state index in [9.17, 15) is 9.59 Å². The Bertz CT molecular complexity index is 1320. The molecular weight excluding hydrogens is 637 g/mol. The number of hydrazone groups is 1. The topological polar surface area (TPSA) is 89.0 Å². The van der Waals surface area contributed by atoms with Crippen LogP contribution in [0.3, 0.4) is 0 Å². The third-order valence-electron chi connectivity index (χ3n) is 4.74. The van der Waals surface area contributed by atoms with Crippen molar-refractivity contribution in [1.29, 1.82) is 0 Å². The van der Waals surface area contributed by atoms with Gasteiger partial charge in [-0.25, -0.2) is 5.43 Å². The van der Waals surface area contributed by atoms with Gasteiger partial charge in [0.1, 0.15) is 6.61 Å². The number of carbonyl (C=O) groups is 2. The molecule has 36 heavy (non-hydrogen) atoms. The third kappa shape index (κ3) is 7.70. The molecule has 0 fully saturated rings. The summed E-state index contributed by atoms with van der Waals surface area (Å²) < 4.78 is 13.2. The molecule has 0 radical (unpaired) electrons. The summed E-state index contributed by atoms with van der Waals surface area (Å²) in [5.41, 5.74) is 4.93. The monoisotopic (exact) mass is 655 g/mol. The molecule has 11 heteroatoms. The molecular formula is C25H21Br2Cl2N3O4. The first-order chi connectivity index (χ1) is 17.2. The highest BCUT2D eigenvalue weighted by Gasteiger charge is 2.15. The van der Waals surface area contributed by atoms with Gasteiger partial charge in [-0.3, -0.25) is 9.59 Å². The number of nitrogens with zero attached hydrogens (tertiary/aromatic N) is 1. The van der Waals surface area contributed by atoms with E-state index in [1.165, 1.54) is 6.21 Å². The molecule has 3 rings (SSSR count). The molecule has 0 unspecified atom stereocenters. The maximum atomic E-state index is 12.2. The second kappa shape index (κ2) is 13.1. The number of halogens is 4. The maximum Gasteiger partial charge on any atom is 0.329 e. The van der Waals surface area contributed by atoms with E-state index in [1.807, 2.05) is 19.9 Å². The Kier molecular flexibility index (Phi) is 10.2. The Balaban J connectivity index is 1.67. The van der Waals surface area contributed by atoms with Gasteiger partial charge >= 0.3 is 11.8 Å². The zero-order valence-electron chi connectivity index (χ0n) is 19.2. The fraction of sp³-hybridized carbons (Fsp3) is 0.160. The molecule has 0 saturated carbocycles. The van der Waals surface area contributed by atoms with Crippen LogP contribution >= 0.6 is 55.1 Å². The number of hydrogen-bond donors (Lipinski definition) is 2. The summed E-state index contributed by atoms with van der Waals surface area (Å²) in [7, 11) is 0. The number of carbonyl (C=O) groups excluding carboxylic acids is 2. The summed E-state index contributed by atoms with van der Waals surface area (Å²) in [5, 5.41) is 7.48. The van der Waals surface area contributed by atoms with Crippen molar-refractivity contribution in [2.45, 2.75) is 20.5 Å². The summed E-state index contributed by atoms with van der Waals surface area (Å²) in [5.74, 6) is -0.794. The molecule has 3 aromatic carbocycles. The standard InChI is InChI=1S/C25H21Br2Cl2N3O4/c1-3-35-22-10-15(9-19(27)23(22)36-13-16-4-6-18(28)11-20(16)29)12-30-32-25(34)24(33)31-21-7-5-17(26)8-14(21)2/h4-12H,3,13H2,1-2H3,(H,31,33)(H,32,34). The van der Waals surface area contributed by atoms with Gasteiger partial charge < -0.3 is 14.8 Å². The SMILES string of the molecule is CCOc1cc(C=NNC(=O)C(=O)Nc2ccc(Br)cc2C)cc(Br)c1OCc1ccc(Cl)cc1Cl. The Morgan fingerprint density at radius 1 is 1.03 bits per heavy atom. The Hall–Kier alpha value is -2.59. The zero-order chi connectivity index (χ0) is 26.2. The molecule has 0 spiro atoms. The van der Waals surface area contributed by atoms with Gasteiger partial charge in [0.2, 0.25) is 0 Å². The highest BCUT2D eigenvalue weighted by Crippen LogP contribution is 2.37. The molecule has 2 N–H and O–H groups in total. The van der Waals surface area contributed by atoms with Crippen LogP contribution in [0.4, 0.5) is 5.69 Å². The molecule has 0 bridgehead atoms. The lowest BCUT2D eigenvalue weighted by molar-refractivity contribution is -0.136. The van der Waals surface area contributed by atoms with Crippen molar-refractivity contribution < 1.29 is 19.1 Å². The summed E-state index contributed by atoms with van der Waals surface area (Å²) in [6.45, 7) is 4.27. The molecule has 2 amide bonds. The van der Waals surface area contributed by atoms with Crippen molar-refractivity contribution in [1.82, 2.24) is 5.43 Å². The molecule has 0 aliphatic carbocycles. The first-order valence-corrected chi connectivity index (χ1v) is 13.0. The fourth-order valence-corrected chi connectivity index (χ4v) is 4.53. The summed E-state index contributed by atoms with van der Waals surface area (Å²) >= 11 is 19.0. The number of amides is 2. The van der Waals surface area contributed by atoms with Crippen molar-refractivity contribution >= 4 is 78.8 Å². The molecule has 7 nitrogen and oxygen atoms in total. The first kappa shape index (κ1) is 28.0. The van der Waals surface area contributed by atoms with Crippen molar-refractivity contribution in [3.8, 4) is 11.5 Å². The smallest absolute Gasteiger partial charge is 0.329 e. The highest BCUT2D eigenvalue weighted by molar-refractivity contribution is 9.10. The molecule has 0 heterocycles. The number of nitrogens with one attached hydrogen (secondary N) is 2. The van der Waals surface area contributed by atoms with Crippen molar-refractivity contribution in [3.63, 3.8) is 0 Å². The zero-order valence-corrected chi connectivity index (χ0v) is 23.9. The van der Waals surface area contributed by atoms with E-state index in [-0.39, 0.29) is 6.61 Å². The lowest BCUT2D eigenvalue weighted by Crippen LogP contribution is -2.32. The maximum absolute atomic E-state index is 12.2. The second-order valence-corrected chi connectivity index (χ2v) is 10.0. The van der Waals surface area contributed by atoms with Crippen molar-refractivity contribution in [2.24, 2.45) is 5.10 Å². The molecule has 3 aromatic rings. The van der Waals surface area contributed by atoms with E-state index in [4.69, 9.17) is 32.7 Å². The van der Waals surface area contributed by atoms with Gasteiger partial charge in [0.15, 0.2) is 11.5 Å².